The van der Waals surface area contributed by atoms with Crippen LogP contribution >= 0.6 is 0 Å². The molecule has 0 bridgehead atoms. The van der Waals surface area contributed by atoms with Crippen LogP contribution in [0.2, 0.25) is 0 Å². The number of anilines is 1. The van der Waals surface area contributed by atoms with Gasteiger partial charge in [-0.2, -0.15) is 0 Å². The molecule has 1 atom stereocenters. The minimum atomic E-state index is -1.05. The molecule has 3 aromatic heterocycles. The predicted octanol–water partition coefficient (Wildman–Crippen LogP) is 4.02. The Labute approximate surface area is 200 Å². The van der Waals surface area contributed by atoms with Gasteiger partial charge in [-0.25, -0.2) is 4.68 Å². The molecule has 9 nitrogen and oxygen atoms in total. The number of carbonyl (C=O) groups excluding carboxylic acids is 2. The molecule has 0 fully saturated rings. The number of furan rings is 2. The van der Waals surface area contributed by atoms with Gasteiger partial charge in [-0.15, -0.1) is 5.10 Å². The molecule has 5 aromatic rings. The second-order valence-electron chi connectivity index (χ2n) is 8.05. The highest BCUT2D eigenvalue weighted by Gasteiger charge is 2.35. The van der Waals surface area contributed by atoms with E-state index in [2.05, 4.69) is 15.6 Å². The molecule has 3 heterocycles. The Bertz CT molecular complexity index is 1440. The van der Waals surface area contributed by atoms with Crippen LogP contribution < -0.4 is 10.2 Å². The normalized spacial score (nSPS) is 11.9. The molecular weight excluding hydrogens is 446 g/mol. The molecule has 0 radical (unpaired) electrons. The fourth-order valence-electron chi connectivity index (χ4n) is 3.96. The molecule has 2 aromatic carbocycles. The van der Waals surface area contributed by atoms with Crippen molar-refractivity contribution < 1.29 is 18.4 Å². The monoisotopic (exact) mass is 469 g/mol. The summed E-state index contributed by atoms with van der Waals surface area (Å²) in [7, 11) is 0. The zero-order valence-corrected chi connectivity index (χ0v) is 19.0. The van der Waals surface area contributed by atoms with Gasteiger partial charge in [-0.3, -0.25) is 14.5 Å². The molecule has 35 heavy (non-hydrogen) atoms. The Morgan fingerprint density at radius 3 is 2.60 bits per heavy atom. The molecule has 0 aliphatic rings. The van der Waals surface area contributed by atoms with E-state index in [1.165, 1.54) is 22.1 Å². The second-order valence-corrected chi connectivity index (χ2v) is 8.05. The van der Waals surface area contributed by atoms with Crippen molar-refractivity contribution in [2.45, 2.75) is 26.1 Å². The molecule has 2 amide bonds. The Balaban J connectivity index is 1.52. The molecule has 1 N–H and O–H groups in total. The molecule has 9 heteroatoms. The summed E-state index contributed by atoms with van der Waals surface area (Å²) in [4.78, 5) is 28.8. The molecule has 0 saturated carbocycles. The van der Waals surface area contributed by atoms with Gasteiger partial charge < -0.3 is 14.2 Å². The third-order valence-corrected chi connectivity index (χ3v) is 5.59. The zero-order chi connectivity index (χ0) is 24.2. The lowest BCUT2D eigenvalue weighted by Gasteiger charge is -2.30. The summed E-state index contributed by atoms with van der Waals surface area (Å²) in [5.74, 6) is 0.176. The SMILES string of the molecule is Cc1cccc(N(C(=O)Cn2nnc3ccccc32)[C@H](C(=O)NCc2ccco2)c2ccco2)c1. The highest BCUT2D eigenvalue weighted by molar-refractivity contribution is 6.01. The molecule has 0 aliphatic heterocycles. The van der Waals surface area contributed by atoms with Crippen LogP contribution in [-0.4, -0.2) is 26.8 Å². The quantitative estimate of drug-likeness (QED) is 0.368. The number of rotatable bonds is 8. The molecule has 0 aliphatic carbocycles. The number of hydrogen-bond donors (Lipinski definition) is 1. The second kappa shape index (κ2) is 9.68. The summed E-state index contributed by atoms with van der Waals surface area (Å²) in [5.41, 5.74) is 2.91. The lowest BCUT2D eigenvalue weighted by atomic mass is 10.1. The van der Waals surface area contributed by atoms with E-state index in [1.54, 1.807) is 30.3 Å². The van der Waals surface area contributed by atoms with Crippen molar-refractivity contribution in [2.75, 3.05) is 4.90 Å². The largest absolute Gasteiger partial charge is 0.467 e. The van der Waals surface area contributed by atoms with Gasteiger partial charge in [-0.05, 0) is 61.0 Å². The topological polar surface area (TPSA) is 106 Å². The molecule has 5 rings (SSSR count). The van der Waals surface area contributed by atoms with Gasteiger partial charge in [0.15, 0.2) is 6.04 Å². The van der Waals surface area contributed by atoms with E-state index >= 15 is 0 Å². The number of para-hydroxylation sites is 1. The average molecular weight is 470 g/mol. The number of aromatic nitrogens is 3. The van der Waals surface area contributed by atoms with Gasteiger partial charge in [0.2, 0.25) is 5.91 Å². The number of carbonyl (C=O) groups is 2. The van der Waals surface area contributed by atoms with Crippen molar-refractivity contribution in [1.29, 1.82) is 0 Å². The van der Waals surface area contributed by atoms with E-state index in [0.717, 1.165) is 11.1 Å². The summed E-state index contributed by atoms with van der Waals surface area (Å²) < 4.78 is 12.5. The molecular formula is C26H23N5O4. The fourth-order valence-corrected chi connectivity index (χ4v) is 3.96. The van der Waals surface area contributed by atoms with Crippen LogP contribution in [0.5, 0.6) is 0 Å². The molecule has 0 saturated heterocycles. The molecule has 0 unspecified atom stereocenters. The Hall–Kier alpha value is -4.66. The van der Waals surface area contributed by atoms with Crippen LogP contribution in [0.25, 0.3) is 11.0 Å². The highest BCUT2D eigenvalue weighted by Crippen LogP contribution is 2.30. The standard InChI is InChI=1S/C26H23N5O4/c1-18-7-4-8-19(15-18)31(24(32)17-30-22-11-3-2-10-21(22)28-29-30)25(23-12-6-14-35-23)26(33)27-16-20-9-5-13-34-20/h2-15,25H,16-17H2,1H3,(H,27,33)/t25-/m0/s1. The third kappa shape index (κ3) is 4.70. The van der Waals surface area contributed by atoms with E-state index in [1.807, 2.05) is 49.4 Å². The smallest absolute Gasteiger partial charge is 0.251 e. The molecule has 176 valence electrons. The lowest BCUT2D eigenvalue weighted by molar-refractivity contribution is -0.127. The number of amides is 2. The van der Waals surface area contributed by atoms with E-state index in [-0.39, 0.29) is 19.0 Å². The van der Waals surface area contributed by atoms with Gasteiger partial charge in [-0.1, -0.05) is 29.5 Å². The first kappa shape index (κ1) is 22.1. The summed E-state index contributed by atoms with van der Waals surface area (Å²) in [5, 5.41) is 11.1. The van der Waals surface area contributed by atoms with Crippen LogP contribution in [0.15, 0.2) is 94.2 Å². The number of benzene rings is 2. The number of aryl methyl sites for hydroxylation is 1. The maximum absolute atomic E-state index is 13.8. The Morgan fingerprint density at radius 1 is 1.00 bits per heavy atom. The minimum absolute atomic E-state index is 0.114. The van der Waals surface area contributed by atoms with Gasteiger partial charge in [0.25, 0.3) is 5.91 Å². The van der Waals surface area contributed by atoms with Crippen LogP contribution in [0.4, 0.5) is 5.69 Å². The fraction of sp³-hybridized carbons (Fsp3) is 0.154. The summed E-state index contributed by atoms with van der Waals surface area (Å²) in [6.45, 7) is 1.99. The number of fused-ring (bicyclic) bond motifs is 1. The maximum Gasteiger partial charge on any atom is 0.251 e. The van der Waals surface area contributed by atoms with Crippen LogP contribution in [0.1, 0.15) is 23.1 Å². The first-order valence-electron chi connectivity index (χ1n) is 11.1. The highest BCUT2D eigenvalue weighted by atomic mass is 16.3. The first-order valence-corrected chi connectivity index (χ1v) is 11.1. The van der Waals surface area contributed by atoms with Gasteiger partial charge in [0, 0.05) is 5.69 Å². The van der Waals surface area contributed by atoms with Gasteiger partial charge >= 0.3 is 0 Å². The maximum atomic E-state index is 13.8. The minimum Gasteiger partial charge on any atom is -0.467 e. The average Bonchev–Trinajstić information content (AvgIpc) is 3.64. The summed E-state index contributed by atoms with van der Waals surface area (Å²) in [6, 6.07) is 20.6. The van der Waals surface area contributed by atoms with E-state index in [0.29, 0.717) is 22.7 Å². The zero-order valence-electron chi connectivity index (χ0n) is 19.0. The molecule has 0 spiro atoms. The van der Waals surface area contributed by atoms with Crippen molar-refractivity contribution in [2.24, 2.45) is 0 Å². The van der Waals surface area contributed by atoms with Gasteiger partial charge in [0.1, 0.15) is 23.6 Å². The number of nitrogens with zero attached hydrogens (tertiary/aromatic N) is 4. The third-order valence-electron chi connectivity index (χ3n) is 5.59. The summed E-state index contributed by atoms with van der Waals surface area (Å²) in [6.07, 6.45) is 3.02. The number of nitrogens with one attached hydrogen (secondary N) is 1. The first-order chi connectivity index (χ1) is 17.1. The van der Waals surface area contributed by atoms with Gasteiger partial charge in [0.05, 0.1) is 24.6 Å². The predicted molar refractivity (Wildman–Crippen MR) is 128 cm³/mol. The lowest BCUT2D eigenvalue weighted by Crippen LogP contribution is -2.45. The van der Waals surface area contributed by atoms with E-state index in [4.69, 9.17) is 8.83 Å². The Morgan fingerprint density at radius 2 is 1.83 bits per heavy atom. The van der Waals surface area contributed by atoms with Crippen molar-refractivity contribution in [3.63, 3.8) is 0 Å². The van der Waals surface area contributed by atoms with Crippen LogP contribution in [0, 0.1) is 6.92 Å². The summed E-state index contributed by atoms with van der Waals surface area (Å²) >= 11 is 0. The van der Waals surface area contributed by atoms with Crippen molar-refractivity contribution in [1.82, 2.24) is 20.3 Å². The van der Waals surface area contributed by atoms with E-state index in [9.17, 15) is 9.59 Å². The Kier molecular flexibility index (Phi) is 6.13. The van der Waals surface area contributed by atoms with Crippen molar-refractivity contribution >= 4 is 28.5 Å². The van der Waals surface area contributed by atoms with Crippen molar-refractivity contribution in [3.05, 3.63) is 102 Å². The number of hydrogen-bond acceptors (Lipinski definition) is 6. The van der Waals surface area contributed by atoms with Crippen LogP contribution in [0.3, 0.4) is 0 Å². The van der Waals surface area contributed by atoms with Crippen molar-refractivity contribution in [3.8, 4) is 0 Å². The van der Waals surface area contributed by atoms with Crippen LogP contribution in [-0.2, 0) is 22.7 Å². The van der Waals surface area contributed by atoms with E-state index < -0.39 is 11.9 Å².